The molecule has 1 rings (SSSR count). The molecule has 0 heterocycles. The first-order chi connectivity index (χ1) is 8.86. The van der Waals surface area contributed by atoms with Crippen molar-refractivity contribution in [2.45, 2.75) is 6.92 Å². The molecule has 98 valence electrons. The van der Waals surface area contributed by atoms with Crippen LogP contribution in [0, 0.1) is 0 Å². The molecule has 4 heteroatoms. The average molecular weight is 247 g/mol. The minimum Gasteiger partial charge on any atom is -0.492 e. The van der Waals surface area contributed by atoms with Crippen molar-refractivity contribution in [1.82, 2.24) is 10.6 Å². The van der Waals surface area contributed by atoms with Gasteiger partial charge in [-0.15, -0.1) is 6.58 Å². The van der Waals surface area contributed by atoms with E-state index < -0.39 is 0 Å². The van der Waals surface area contributed by atoms with Crippen molar-refractivity contribution in [1.29, 1.82) is 0 Å². The third kappa shape index (κ3) is 5.94. The van der Waals surface area contributed by atoms with Gasteiger partial charge in [-0.1, -0.05) is 24.3 Å². The molecule has 1 aromatic rings. The maximum Gasteiger partial charge on any atom is 0.191 e. The van der Waals surface area contributed by atoms with E-state index in [0.717, 1.165) is 18.3 Å². The van der Waals surface area contributed by atoms with E-state index in [2.05, 4.69) is 22.2 Å². The summed E-state index contributed by atoms with van der Waals surface area (Å²) >= 11 is 0. The first-order valence-electron chi connectivity index (χ1n) is 6.17. The molecular formula is C14H21N3O. The maximum atomic E-state index is 5.56. The van der Waals surface area contributed by atoms with Crippen LogP contribution in [0.2, 0.25) is 0 Å². The van der Waals surface area contributed by atoms with Gasteiger partial charge in [-0.05, 0) is 19.1 Å². The van der Waals surface area contributed by atoms with Gasteiger partial charge in [-0.3, -0.25) is 0 Å². The molecule has 0 saturated carbocycles. The van der Waals surface area contributed by atoms with Crippen LogP contribution in [-0.4, -0.2) is 32.2 Å². The van der Waals surface area contributed by atoms with Gasteiger partial charge in [-0.2, -0.15) is 0 Å². The number of nitrogens with zero attached hydrogens (tertiary/aromatic N) is 1. The first kappa shape index (κ1) is 14.1. The molecule has 18 heavy (non-hydrogen) atoms. The summed E-state index contributed by atoms with van der Waals surface area (Å²) in [5, 5.41) is 6.29. The number of guanidine groups is 1. The molecule has 1 aromatic carbocycles. The van der Waals surface area contributed by atoms with Gasteiger partial charge >= 0.3 is 0 Å². The number of hydrogen-bond donors (Lipinski definition) is 2. The highest BCUT2D eigenvalue weighted by molar-refractivity contribution is 5.79. The Morgan fingerprint density at radius 2 is 2.11 bits per heavy atom. The van der Waals surface area contributed by atoms with Crippen LogP contribution in [0.4, 0.5) is 0 Å². The Morgan fingerprint density at radius 3 is 2.78 bits per heavy atom. The molecule has 4 nitrogen and oxygen atoms in total. The average Bonchev–Trinajstić information content (AvgIpc) is 2.42. The summed E-state index contributed by atoms with van der Waals surface area (Å²) < 4.78 is 5.56. The molecule has 0 radical (unpaired) electrons. The minimum atomic E-state index is 0.564. The SMILES string of the molecule is C=CCNC(=NCCOc1ccccc1)NCC. The van der Waals surface area contributed by atoms with E-state index in [0.29, 0.717) is 19.7 Å². The smallest absolute Gasteiger partial charge is 0.191 e. The zero-order chi connectivity index (χ0) is 13.1. The molecular weight excluding hydrogens is 226 g/mol. The monoisotopic (exact) mass is 247 g/mol. The number of rotatable bonds is 7. The zero-order valence-electron chi connectivity index (χ0n) is 10.9. The molecule has 0 fully saturated rings. The number of ether oxygens (including phenoxy) is 1. The summed E-state index contributed by atoms with van der Waals surface area (Å²) in [7, 11) is 0. The lowest BCUT2D eigenvalue weighted by atomic mass is 10.3. The summed E-state index contributed by atoms with van der Waals surface area (Å²) in [6.07, 6.45) is 1.80. The second-order valence-corrected chi connectivity index (χ2v) is 3.59. The van der Waals surface area contributed by atoms with Crippen molar-refractivity contribution in [2.75, 3.05) is 26.2 Å². The van der Waals surface area contributed by atoms with Crippen LogP contribution in [-0.2, 0) is 0 Å². The summed E-state index contributed by atoms with van der Waals surface area (Å²) in [4.78, 5) is 4.39. The molecule has 0 aliphatic carbocycles. The van der Waals surface area contributed by atoms with E-state index in [1.807, 2.05) is 37.3 Å². The second kappa shape index (κ2) is 9.10. The molecule has 0 saturated heterocycles. The quantitative estimate of drug-likeness (QED) is 0.334. The summed E-state index contributed by atoms with van der Waals surface area (Å²) in [6.45, 7) is 8.40. The Hall–Kier alpha value is -1.97. The van der Waals surface area contributed by atoms with E-state index >= 15 is 0 Å². The fourth-order valence-electron chi connectivity index (χ4n) is 1.35. The highest BCUT2D eigenvalue weighted by Crippen LogP contribution is 2.07. The first-order valence-corrected chi connectivity index (χ1v) is 6.17. The molecule has 0 amide bonds. The standard InChI is InChI=1S/C14H21N3O/c1-3-10-16-14(15-4-2)17-11-12-18-13-8-6-5-7-9-13/h3,5-9H,1,4,10-12H2,2H3,(H2,15,16,17). The zero-order valence-corrected chi connectivity index (χ0v) is 10.9. The second-order valence-electron chi connectivity index (χ2n) is 3.59. The molecule has 2 N–H and O–H groups in total. The highest BCUT2D eigenvalue weighted by atomic mass is 16.5. The lowest BCUT2D eigenvalue weighted by molar-refractivity contribution is 0.328. The third-order valence-corrected chi connectivity index (χ3v) is 2.13. The van der Waals surface area contributed by atoms with Gasteiger partial charge in [0, 0.05) is 13.1 Å². The predicted octanol–water partition coefficient (Wildman–Crippen LogP) is 1.81. The van der Waals surface area contributed by atoms with E-state index in [-0.39, 0.29) is 0 Å². The number of nitrogens with one attached hydrogen (secondary N) is 2. The van der Waals surface area contributed by atoms with Crippen LogP contribution < -0.4 is 15.4 Å². The fourth-order valence-corrected chi connectivity index (χ4v) is 1.35. The van der Waals surface area contributed by atoms with Gasteiger partial charge in [0.25, 0.3) is 0 Å². The fraction of sp³-hybridized carbons (Fsp3) is 0.357. The molecule has 0 spiro atoms. The summed E-state index contributed by atoms with van der Waals surface area (Å²) in [5.74, 6) is 1.66. The van der Waals surface area contributed by atoms with Crippen molar-refractivity contribution in [3.63, 3.8) is 0 Å². The van der Waals surface area contributed by atoms with Crippen molar-refractivity contribution in [3.8, 4) is 5.75 Å². The van der Waals surface area contributed by atoms with E-state index in [4.69, 9.17) is 4.74 Å². The van der Waals surface area contributed by atoms with Gasteiger partial charge in [0.15, 0.2) is 5.96 Å². The molecule has 0 unspecified atom stereocenters. The van der Waals surface area contributed by atoms with Gasteiger partial charge in [0.2, 0.25) is 0 Å². The maximum absolute atomic E-state index is 5.56. The van der Waals surface area contributed by atoms with Crippen LogP contribution in [0.25, 0.3) is 0 Å². The van der Waals surface area contributed by atoms with Gasteiger partial charge in [-0.25, -0.2) is 4.99 Å². The van der Waals surface area contributed by atoms with Gasteiger partial charge in [0.05, 0.1) is 6.54 Å². The van der Waals surface area contributed by atoms with Crippen LogP contribution >= 0.6 is 0 Å². The third-order valence-electron chi connectivity index (χ3n) is 2.13. The lowest BCUT2D eigenvalue weighted by Crippen LogP contribution is -2.37. The van der Waals surface area contributed by atoms with Crippen molar-refractivity contribution in [3.05, 3.63) is 43.0 Å². The number of hydrogen-bond acceptors (Lipinski definition) is 2. The van der Waals surface area contributed by atoms with Gasteiger partial charge in [0.1, 0.15) is 12.4 Å². The Bertz CT molecular complexity index is 363. The number of para-hydroxylation sites is 1. The molecule has 0 aromatic heterocycles. The Kier molecular flexibility index (Phi) is 7.13. The van der Waals surface area contributed by atoms with Crippen LogP contribution in [0.5, 0.6) is 5.75 Å². The molecule has 0 aliphatic heterocycles. The Morgan fingerprint density at radius 1 is 1.33 bits per heavy atom. The number of benzene rings is 1. The number of aliphatic imine (C=N–C) groups is 1. The van der Waals surface area contributed by atoms with Crippen LogP contribution in [0.1, 0.15) is 6.92 Å². The molecule has 0 atom stereocenters. The lowest BCUT2D eigenvalue weighted by Gasteiger charge is -2.09. The van der Waals surface area contributed by atoms with Crippen molar-refractivity contribution in [2.24, 2.45) is 4.99 Å². The van der Waals surface area contributed by atoms with Crippen molar-refractivity contribution < 1.29 is 4.74 Å². The van der Waals surface area contributed by atoms with E-state index in [1.165, 1.54) is 0 Å². The Labute approximate surface area is 109 Å². The van der Waals surface area contributed by atoms with Crippen LogP contribution in [0.3, 0.4) is 0 Å². The van der Waals surface area contributed by atoms with E-state index in [9.17, 15) is 0 Å². The topological polar surface area (TPSA) is 45.7 Å². The van der Waals surface area contributed by atoms with E-state index in [1.54, 1.807) is 6.08 Å². The summed E-state index contributed by atoms with van der Waals surface area (Å²) in [6, 6.07) is 9.74. The highest BCUT2D eigenvalue weighted by Gasteiger charge is 1.94. The van der Waals surface area contributed by atoms with Gasteiger partial charge < -0.3 is 15.4 Å². The molecule has 0 bridgehead atoms. The summed E-state index contributed by atoms with van der Waals surface area (Å²) in [5.41, 5.74) is 0. The van der Waals surface area contributed by atoms with Crippen LogP contribution in [0.15, 0.2) is 48.0 Å². The predicted molar refractivity (Wildman–Crippen MR) is 76.1 cm³/mol. The molecule has 0 aliphatic rings. The minimum absolute atomic E-state index is 0.564. The normalized spacial score (nSPS) is 10.8. The van der Waals surface area contributed by atoms with Crippen molar-refractivity contribution >= 4 is 5.96 Å². The largest absolute Gasteiger partial charge is 0.492 e. The Balaban J connectivity index is 2.29.